The Morgan fingerprint density at radius 3 is 2.08 bits per heavy atom. The average Bonchev–Trinajstić information content (AvgIpc) is 2.93. The topological polar surface area (TPSA) is 47.5 Å². The van der Waals surface area contributed by atoms with E-state index in [1.807, 2.05) is 0 Å². The minimum atomic E-state index is 0.268. The van der Waals surface area contributed by atoms with E-state index in [1.165, 1.54) is 11.1 Å². The second kappa shape index (κ2) is 6.98. The van der Waals surface area contributed by atoms with Gasteiger partial charge in [0.15, 0.2) is 5.82 Å². The van der Waals surface area contributed by atoms with E-state index >= 15 is 0 Å². The molecule has 5 heteroatoms. The van der Waals surface area contributed by atoms with Gasteiger partial charge in [0.25, 0.3) is 5.82 Å². The fourth-order valence-electron chi connectivity index (χ4n) is 3.03. The number of aromatic nitrogens is 5. The smallest absolute Gasteiger partial charge is 0.233 e. The average molecular weight is 350 g/mol. The third-order valence-electron chi connectivity index (χ3n) is 4.62. The van der Waals surface area contributed by atoms with Gasteiger partial charge in [-0.1, -0.05) is 39.8 Å². The first-order chi connectivity index (χ1) is 12.3. The van der Waals surface area contributed by atoms with E-state index < -0.39 is 0 Å². The fraction of sp³-hybridized carbons (Fsp3) is 0.429. The van der Waals surface area contributed by atoms with Crippen LogP contribution in [-0.4, -0.2) is 19.5 Å². The van der Waals surface area contributed by atoms with Gasteiger partial charge in [0.1, 0.15) is 24.0 Å². The zero-order valence-electron chi connectivity index (χ0n) is 16.8. The zero-order chi connectivity index (χ0) is 19.0. The van der Waals surface area contributed by atoms with Gasteiger partial charge >= 0.3 is 0 Å². The lowest BCUT2D eigenvalue weighted by atomic mass is 10.0. The van der Waals surface area contributed by atoms with Crippen LogP contribution in [0.3, 0.4) is 0 Å². The molecule has 136 valence electrons. The highest BCUT2D eigenvalue weighted by atomic mass is 15.1. The van der Waals surface area contributed by atoms with E-state index in [1.54, 1.807) is 0 Å². The van der Waals surface area contributed by atoms with Gasteiger partial charge in [0, 0.05) is 17.4 Å². The maximum absolute atomic E-state index is 4.75. The molecule has 0 aliphatic heterocycles. The van der Waals surface area contributed by atoms with Crippen molar-refractivity contribution in [2.45, 2.75) is 46.5 Å². The molecule has 0 aliphatic carbocycles. The van der Waals surface area contributed by atoms with Gasteiger partial charge in [-0.25, -0.2) is 24.1 Å². The van der Waals surface area contributed by atoms with Crippen molar-refractivity contribution in [1.29, 1.82) is 0 Å². The Bertz CT molecular complexity index is 892. The SMILES string of the molecule is Cc1ccc(-c2nc(C(C)C)nc(C(C)C)n2)cc1-c1n(C)cc[n+]1C. The van der Waals surface area contributed by atoms with Gasteiger partial charge in [0.05, 0.1) is 19.7 Å². The van der Waals surface area contributed by atoms with Gasteiger partial charge in [-0.15, -0.1) is 0 Å². The first-order valence-corrected chi connectivity index (χ1v) is 9.16. The van der Waals surface area contributed by atoms with Crippen molar-refractivity contribution < 1.29 is 4.57 Å². The normalized spacial score (nSPS) is 11.6. The Morgan fingerprint density at radius 1 is 0.962 bits per heavy atom. The van der Waals surface area contributed by atoms with Crippen LogP contribution in [0.4, 0.5) is 0 Å². The third kappa shape index (κ3) is 3.39. The van der Waals surface area contributed by atoms with Crippen molar-refractivity contribution in [3.05, 3.63) is 47.8 Å². The van der Waals surface area contributed by atoms with Crippen LogP contribution in [0, 0.1) is 6.92 Å². The molecular formula is C21H28N5+. The number of rotatable bonds is 4. The van der Waals surface area contributed by atoms with E-state index in [-0.39, 0.29) is 11.8 Å². The van der Waals surface area contributed by atoms with Gasteiger partial charge in [-0.2, -0.15) is 0 Å². The van der Waals surface area contributed by atoms with Crippen molar-refractivity contribution >= 4 is 0 Å². The summed E-state index contributed by atoms with van der Waals surface area (Å²) in [6, 6.07) is 6.44. The van der Waals surface area contributed by atoms with Gasteiger partial charge in [-0.3, -0.25) is 0 Å². The van der Waals surface area contributed by atoms with E-state index in [0.717, 1.165) is 28.9 Å². The molecule has 2 aromatic heterocycles. The molecule has 0 saturated carbocycles. The molecule has 26 heavy (non-hydrogen) atoms. The number of nitrogens with zero attached hydrogens (tertiary/aromatic N) is 5. The van der Waals surface area contributed by atoms with Crippen molar-refractivity contribution in [3.8, 4) is 22.8 Å². The monoisotopic (exact) mass is 350 g/mol. The molecule has 5 nitrogen and oxygen atoms in total. The molecule has 0 fully saturated rings. The lowest BCUT2D eigenvalue weighted by Crippen LogP contribution is -2.29. The maximum Gasteiger partial charge on any atom is 0.288 e. The number of hydrogen-bond donors (Lipinski definition) is 0. The fourth-order valence-corrected chi connectivity index (χ4v) is 3.03. The summed E-state index contributed by atoms with van der Waals surface area (Å²) in [5.41, 5.74) is 3.45. The number of benzene rings is 1. The summed E-state index contributed by atoms with van der Waals surface area (Å²) >= 11 is 0. The number of imidazole rings is 1. The van der Waals surface area contributed by atoms with Crippen LogP contribution in [0.25, 0.3) is 22.8 Å². The molecule has 3 aromatic rings. The van der Waals surface area contributed by atoms with Gasteiger partial charge in [-0.05, 0) is 18.6 Å². The summed E-state index contributed by atoms with van der Waals surface area (Å²) in [6.07, 6.45) is 4.14. The summed E-state index contributed by atoms with van der Waals surface area (Å²) in [5, 5.41) is 0. The van der Waals surface area contributed by atoms with Crippen LogP contribution >= 0.6 is 0 Å². The van der Waals surface area contributed by atoms with Crippen LogP contribution in [-0.2, 0) is 14.1 Å². The molecule has 0 bridgehead atoms. The van der Waals surface area contributed by atoms with Crippen LogP contribution < -0.4 is 4.57 Å². The summed E-state index contributed by atoms with van der Waals surface area (Å²) in [5.74, 6) is 4.15. The van der Waals surface area contributed by atoms with Crippen LogP contribution in [0.1, 0.15) is 56.7 Å². The Hall–Kier alpha value is -2.56. The Balaban J connectivity index is 2.18. The minimum absolute atomic E-state index is 0.268. The van der Waals surface area contributed by atoms with Crippen LogP contribution in [0.15, 0.2) is 30.6 Å². The van der Waals surface area contributed by atoms with Crippen molar-refractivity contribution in [1.82, 2.24) is 19.5 Å². The van der Waals surface area contributed by atoms with Gasteiger partial charge in [0.2, 0.25) is 0 Å². The second-order valence-corrected chi connectivity index (χ2v) is 7.56. The highest BCUT2D eigenvalue weighted by Crippen LogP contribution is 2.27. The van der Waals surface area contributed by atoms with Crippen LogP contribution in [0.5, 0.6) is 0 Å². The number of hydrogen-bond acceptors (Lipinski definition) is 3. The summed E-state index contributed by atoms with van der Waals surface area (Å²) in [6.45, 7) is 10.6. The summed E-state index contributed by atoms with van der Waals surface area (Å²) in [4.78, 5) is 14.1. The lowest BCUT2D eigenvalue weighted by Gasteiger charge is -2.12. The van der Waals surface area contributed by atoms with Gasteiger partial charge < -0.3 is 0 Å². The van der Waals surface area contributed by atoms with Crippen LogP contribution in [0.2, 0.25) is 0 Å². The molecule has 0 N–H and O–H groups in total. The molecule has 3 rings (SSSR count). The highest BCUT2D eigenvalue weighted by Gasteiger charge is 2.19. The first-order valence-electron chi connectivity index (χ1n) is 9.16. The van der Waals surface area contributed by atoms with Crippen molar-refractivity contribution in [2.75, 3.05) is 0 Å². The molecule has 0 radical (unpaired) electrons. The minimum Gasteiger partial charge on any atom is -0.233 e. The van der Waals surface area contributed by atoms with E-state index in [4.69, 9.17) is 9.97 Å². The molecule has 2 heterocycles. The number of aryl methyl sites for hydroxylation is 3. The lowest BCUT2D eigenvalue weighted by molar-refractivity contribution is -0.659. The largest absolute Gasteiger partial charge is 0.288 e. The van der Waals surface area contributed by atoms with E-state index in [0.29, 0.717) is 0 Å². The molecule has 0 atom stereocenters. The Kier molecular flexibility index (Phi) is 4.90. The molecule has 1 aromatic carbocycles. The Labute approximate surface area is 155 Å². The molecule has 0 spiro atoms. The molecule has 0 saturated heterocycles. The predicted octanol–water partition coefficient (Wildman–Crippen LogP) is 3.92. The van der Waals surface area contributed by atoms with Crippen molar-refractivity contribution in [3.63, 3.8) is 0 Å². The van der Waals surface area contributed by atoms with E-state index in [2.05, 4.69) is 93.4 Å². The standard InChI is InChI=1S/C21H28N5/c1-13(2)18-22-19(14(3)4)24-20(23-18)16-9-8-15(5)17(12-16)21-25(6)10-11-26(21)7/h8-14H,1-7H3/q+1. The molecule has 0 unspecified atom stereocenters. The predicted molar refractivity (Wildman–Crippen MR) is 104 cm³/mol. The maximum atomic E-state index is 4.75. The molecular weight excluding hydrogens is 322 g/mol. The summed E-state index contributed by atoms with van der Waals surface area (Å²) in [7, 11) is 4.14. The Morgan fingerprint density at radius 2 is 1.58 bits per heavy atom. The quantitative estimate of drug-likeness (QED) is 0.670. The second-order valence-electron chi connectivity index (χ2n) is 7.56. The highest BCUT2D eigenvalue weighted by molar-refractivity contribution is 5.68. The van der Waals surface area contributed by atoms with E-state index in [9.17, 15) is 0 Å². The molecule has 0 amide bonds. The third-order valence-corrected chi connectivity index (χ3v) is 4.62. The molecule has 0 aliphatic rings. The zero-order valence-corrected chi connectivity index (χ0v) is 16.8. The first kappa shape index (κ1) is 18.2. The van der Waals surface area contributed by atoms with Crippen molar-refractivity contribution in [2.24, 2.45) is 14.1 Å². The summed E-state index contributed by atoms with van der Waals surface area (Å²) < 4.78 is 4.28.